The van der Waals surface area contributed by atoms with E-state index in [4.69, 9.17) is 25.8 Å². The standard InChI is InChI=1S/C25H31ClN2O6/c1-6-11-33-23-19(26)12-18(13-20(23)32-7-2)25(31)34-17(5)24(30)27-14-21(29)28-22-15(3)9-8-10-16(22)4/h8-10,12-13,17H,6-7,11,14H2,1-5H3,(H,27,30)(H,28,29). The molecule has 0 heterocycles. The fourth-order valence-electron chi connectivity index (χ4n) is 3.08. The minimum absolute atomic E-state index is 0.115. The van der Waals surface area contributed by atoms with Gasteiger partial charge in [-0.1, -0.05) is 36.7 Å². The summed E-state index contributed by atoms with van der Waals surface area (Å²) in [5.41, 5.74) is 2.65. The van der Waals surface area contributed by atoms with E-state index in [9.17, 15) is 14.4 Å². The first-order valence-electron chi connectivity index (χ1n) is 11.1. The first kappa shape index (κ1) is 27.0. The lowest BCUT2D eigenvalue weighted by Crippen LogP contribution is -2.40. The van der Waals surface area contributed by atoms with Crippen LogP contribution >= 0.6 is 11.6 Å². The van der Waals surface area contributed by atoms with Crippen molar-refractivity contribution in [3.63, 3.8) is 0 Å². The zero-order valence-electron chi connectivity index (χ0n) is 20.1. The molecule has 184 valence electrons. The molecule has 0 saturated heterocycles. The maximum atomic E-state index is 12.6. The van der Waals surface area contributed by atoms with Gasteiger partial charge in [0.2, 0.25) is 5.91 Å². The molecule has 0 saturated carbocycles. The lowest BCUT2D eigenvalue weighted by molar-refractivity contribution is -0.130. The van der Waals surface area contributed by atoms with Crippen LogP contribution in [0.25, 0.3) is 0 Å². The summed E-state index contributed by atoms with van der Waals surface area (Å²) >= 11 is 6.29. The van der Waals surface area contributed by atoms with E-state index in [1.807, 2.05) is 39.0 Å². The molecule has 0 bridgehead atoms. The Kier molecular flexibility index (Phi) is 10.2. The number of halogens is 1. The Morgan fingerprint density at radius 1 is 1.06 bits per heavy atom. The van der Waals surface area contributed by atoms with Crippen LogP contribution in [0, 0.1) is 13.8 Å². The third-order valence-corrected chi connectivity index (χ3v) is 5.10. The third-order valence-electron chi connectivity index (χ3n) is 4.82. The average Bonchev–Trinajstić information content (AvgIpc) is 2.79. The van der Waals surface area contributed by atoms with E-state index < -0.39 is 18.0 Å². The number of carbonyl (C=O) groups excluding carboxylic acids is 3. The SMILES string of the molecule is CCCOc1c(Cl)cc(C(=O)OC(C)C(=O)NCC(=O)Nc2c(C)cccc2C)cc1OCC. The monoisotopic (exact) mass is 490 g/mol. The highest BCUT2D eigenvalue weighted by atomic mass is 35.5. The molecule has 2 rings (SSSR count). The van der Waals surface area contributed by atoms with Crippen LogP contribution in [0.1, 0.15) is 48.7 Å². The Hall–Kier alpha value is -3.26. The molecule has 0 spiro atoms. The van der Waals surface area contributed by atoms with Crippen LogP contribution in [-0.2, 0) is 14.3 Å². The molecule has 1 unspecified atom stereocenters. The molecular formula is C25H31ClN2O6. The van der Waals surface area contributed by atoms with Crippen molar-refractivity contribution in [1.82, 2.24) is 5.32 Å². The molecule has 1 atom stereocenters. The molecule has 9 heteroatoms. The number of amides is 2. The zero-order valence-corrected chi connectivity index (χ0v) is 20.9. The Morgan fingerprint density at radius 2 is 1.74 bits per heavy atom. The summed E-state index contributed by atoms with van der Waals surface area (Å²) < 4.78 is 16.4. The van der Waals surface area contributed by atoms with Crippen LogP contribution < -0.4 is 20.1 Å². The van der Waals surface area contributed by atoms with Gasteiger partial charge in [0.05, 0.1) is 30.3 Å². The predicted octanol–water partition coefficient (Wildman–Crippen LogP) is 4.44. The summed E-state index contributed by atoms with van der Waals surface area (Å²) in [5.74, 6) is -1.09. The molecule has 2 N–H and O–H groups in total. The number of nitrogens with one attached hydrogen (secondary N) is 2. The summed E-state index contributed by atoms with van der Waals surface area (Å²) in [7, 11) is 0. The van der Waals surface area contributed by atoms with Gasteiger partial charge in [-0.15, -0.1) is 0 Å². The number of carbonyl (C=O) groups is 3. The molecule has 2 aromatic carbocycles. The number of hydrogen-bond donors (Lipinski definition) is 2. The molecule has 34 heavy (non-hydrogen) atoms. The lowest BCUT2D eigenvalue weighted by Gasteiger charge is -2.17. The largest absolute Gasteiger partial charge is 0.490 e. The van der Waals surface area contributed by atoms with Crippen molar-refractivity contribution in [2.24, 2.45) is 0 Å². The van der Waals surface area contributed by atoms with Gasteiger partial charge in [-0.25, -0.2) is 4.79 Å². The van der Waals surface area contributed by atoms with Crippen molar-refractivity contribution in [3.8, 4) is 11.5 Å². The highest BCUT2D eigenvalue weighted by Crippen LogP contribution is 2.37. The van der Waals surface area contributed by atoms with Crippen LogP contribution in [0.2, 0.25) is 5.02 Å². The van der Waals surface area contributed by atoms with Gasteiger partial charge in [0.1, 0.15) is 0 Å². The lowest BCUT2D eigenvalue weighted by atomic mass is 10.1. The van der Waals surface area contributed by atoms with Gasteiger partial charge in [0.15, 0.2) is 17.6 Å². The van der Waals surface area contributed by atoms with Gasteiger partial charge >= 0.3 is 5.97 Å². The first-order valence-corrected chi connectivity index (χ1v) is 11.5. The summed E-state index contributed by atoms with van der Waals surface area (Å²) in [6.07, 6.45) is -0.355. The fraction of sp³-hybridized carbons (Fsp3) is 0.400. The second-order valence-corrected chi connectivity index (χ2v) is 8.05. The van der Waals surface area contributed by atoms with Gasteiger partial charge in [-0.2, -0.15) is 0 Å². The number of aryl methyl sites for hydroxylation is 2. The quantitative estimate of drug-likeness (QED) is 0.451. The van der Waals surface area contributed by atoms with Crippen molar-refractivity contribution >= 4 is 35.1 Å². The van der Waals surface area contributed by atoms with E-state index in [1.165, 1.54) is 19.1 Å². The van der Waals surface area contributed by atoms with E-state index in [0.717, 1.165) is 17.5 Å². The van der Waals surface area contributed by atoms with Crippen LogP contribution in [0.15, 0.2) is 30.3 Å². The Labute approximate surface area is 204 Å². The molecule has 0 aliphatic carbocycles. The Morgan fingerprint density at radius 3 is 2.35 bits per heavy atom. The van der Waals surface area contributed by atoms with Crippen LogP contribution in [0.4, 0.5) is 5.69 Å². The second kappa shape index (κ2) is 12.8. The number of para-hydroxylation sites is 1. The van der Waals surface area contributed by atoms with Crippen molar-refractivity contribution in [2.45, 2.75) is 47.1 Å². The number of hydrogen-bond acceptors (Lipinski definition) is 6. The minimum atomic E-state index is -1.13. The highest BCUT2D eigenvalue weighted by Gasteiger charge is 2.22. The molecule has 0 radical (unpaired) electrons. The van der Waals surface area contributed by atoms with E-state index in [1.54, 1.807) is 6.92 Å². The molecule has 2 amide bonds. The predicted molar refractivity (Wildman–Crippen MR) is 131 cm³/mol. The molecular weight excluding hydrogens is 460 g/mol. The van der Waals surface area contributed by atoms with Gasteiger partial charge in [0.25, 0.3) is 5.91 Å². The first-order chi connectivity index (χ1) is 16.2. The maximum absolute atomic E-state index is 12.6. The van der Waals surface area contributed by atoms with E-state index in [-0.39, 0.29) is 23.0 Å². The number of benzene rings is 2. The Balaban J connectivity index is 1.98. The van der Waals surface area contributed by atoms with Crippen LogP contribution in [-0.4, -0.2) is 43.6 Å². The van der Waals surface area contributed by atoms with Crippen molar-refractivity contribution in [1.29, 1.82) is 0 Å². The maximum Gasteiger partial charge on any atom is 0.339 e. The topological polar surface area (TPSA) is 103 Å². The number of anilines is 1. The zero-order chi connectivity index (χ0) is 25.3. The van der Waals surface area contributed by atoms with Crippen LogP contribution in [0.3, 0.4) is 0 Å². The second-order valence-electron chi connectivity index (χ2n) is 7.65. The van der Waals surface area contributed by atoms with Gasteiger partial charge in [-0.05, 0) is 57.4 Å². The van der Waals surface area contributed by atoms with Gasteiger partial charge in [-0.3, -0.25) is 9.59 Å². The van der Waals surface area contributed by atoms with E-state index >= 15 is 0 Å². The minimum Gasteiger partial charge on any atom is -0.490 e. The summed E-state index contributed by atoms with van der Waals surface area (Å²) in [4.78, 5) is 37.2. The third kappa shape index (κ3) is 7.38. The summed E-state index contributed by atoms with van der Waals surface area (Å²) in [6, 6.07) is 8.53. The number of esters is 1. The summed E-state index contributed by atoms with van der Waals surface area (Å²) in [5, 5.41) is 5.46. The molecule has 0 aromatic heterocycles. The average molecular weight is 491 g/mol. The summed E-state index contributed by atoms with van der Waals surface area (Å²) in [6.45, 7) is 9.46. The van der Waals surface area contributed by atoms with Gasteiger partial charge in [0, 0.05) is 5.69 Å². The fourth-order valence-corrected chi connectivity index (χ4v) is 3.35. The van der Waals surface area contributed by atoms with Crippen molar-refractivity contribution in [2.75, 3.05) is 25.1 Å². The van der Waals surface area contributed by atoms with Gasteiger partial charge < -0.3 is 24.8 Å². The Bertz CT molecular complexity index is 1020. The van der Waals surface area contributed by atoms with Crippen molar-refractivity contribution < 1.29 is 28.6 Å². The molecule has 2 aromatic rings. The van der Waals surface area contributed by atoms with Crippen LogP contribution in [0.5, 0.6) is 11.5 Å². The molecule has 0 aliphatic rings. The smallest absolute Gasteiger partial charge is 0.339 e. The van der Waals surface area contributed by atoms with E-state index in [0.29, 0.717) is 30.4 Å². The molecule has 0 fully saturated rings. The van der Waals surface area contributed by atoms with E-state index in [2.05, 4.69) is 10.6 Å². The molecule has 8 nitrogen and oxygen atoms in total. The van der Waals surface area contributed by atoms with Crippen molar-refractivity contribution in [3.05, 3.63) is 52.0 Å². The molecule has 0 aliphatic heterocycles. The number of rotatable bonds is 11. The normalized spacial score (nSPS) is 11.4. The number of ether oxygens (including phenoxy) is 3. The highest BCUT2D eigenvalue weighted by molar-refractivity contribution is 6.32.